The summed E-state index contributed by atoms with van der Waals surface area (Å²) in [6, 6.07) is 0. The molecule has 1 aromatic rings. The van der Waals surface area contributed by atoms with E-state index in [0.29, 0.717) is 6.42 Å². The van der Waals surface area contributed by atoms with Crippen LogP contribution in [0.15, 0.2) is 12.7 Å². The van der Waals surface area contributed by atoms with Gasteiger partial charge >= 0.3 is 12.1 Å². The van der Waals surface area contributed by atoms with Gasteiger partial charge < -0.3 is 37.9 Å². The highest BCUT2D eigenvalue weighted by molar-refractivity contribution is 5.81. The van der Waals surface area contributed by atoms with Crippen LogP contribution in [0.2, 0.25) is 0 Å². The molecule has 0 aliphatic heterocycles. The summed E-state index contributed by atoms with van der Waals surface area (Å²) in [4.78, 5) is 29.5. The number of primary amides is 1. The summed E-state index contributed by atoms with van der Waals surface area (Å²) < 4.78 is 4.51. The fraction of sp³-hybridized carbons (Fsp3) is 0.300. The standard InChI is InChI=1S/C6H10O3.C3H6N6.CH3NO2/c1-2-6(8)9-5-3-4-7;4-1-7-2(5)9-3(6)8-1;2-1(3)4/h2,7H,1,3-5H2;(H6,4,5,6,7,8,9);2H2,(H,3,4). The number of carbonyl (C=O) groups is 2. The van der Waals surface area contributed by atoms with E-state index in [0.717, 1.165) is 6.08 Å². The molecule has 0 saturated carbocycles. The Morgan fingerprint density at radius 2 is 1.50 bits per heavy atom. The average Bonchev–Trinajstić information content (AvgIpc) is 2.37. The van der Waals surface area contributed by atoms with Gasteiger partial charge in [-0.25, -0.2) is 9.59 Å². The maximum absolute atomic E-state index is 10.3. The molecule has 1 rings (SSSR count). The van der Waals surface area contributed by atoms with Gasteiger partial charge in [0.2, 0.25) is 17.8 Å². The largest absolute Gasteiger partial charge is 0.465 e. The van der Waals surface area contributed by atoms with Gasteiger partial charge in [-0.2, -0.15) is 15.0 Å². The van der Waals surface area contributed by atoms with Gasteiger partial charge in [-0.15, -0.1) is 0 Å². The molecule has 0 radical (unpaired) electrons. The van der Waals surface area contributed by atoms with Crippen LogP contribution in [-0.4, -0.2) is 50.4 Å². The fourth-order valence-electron chi connectivity index (χ4n) is 0.723. The Hall–Kier alpha value is -3.15. The number of aliphatic hydroxyl groups is 1. The second-order valence-electron chi connectivity index (χ2n) is 3.20. The van der Waals surface area contributed by atoms with E-state index < -0.39 is 12.1 Å². The summed E-state index contributed by atoms with van der Waals surface area (Å²) in [5.41, 5.74) is 19.4. The highest BCUT2D eigenvalue weighted by Crippen LogP contribution is 1.97. The third-order valence-electron chi connectivity index (χ3n) is 1.40. The SMILES string of the molecule is C=CC(=O)OCCCO.NC(=O)O.Nc1nc(N)nc(N)n1. The molecule has 0 aromatic carbocycles. The highest BCUT2D eigenvalue weighted by Gasteiger charge is 1.94. The van der Waals surface area contributed by atoms with Crippen LogP contribution >= 0.6 is 0 Å². The molecule has 10 N–H and O–H groups in total. The maximum Gasteiger partial charge on any atom is 0.402 e. The van der Waals surface area contributed by atoms with Crippen molar-refractivity contribution in [1.29, 1.82) is 0 Å². The molecule has 1 amide bonds. The zero-order chi connectivity index (χ0) is 17.5. The number of carboxylic acid groups (broad SMARTS) is 1. The second-order valence-corrected chi connectivity index (χ2v) is 3.20. The average molecular weight is 317 g/mol. The first-order valence-corrected chi connectivity index (χ1v) is 5.63. The number of anilines is 3. The smallest absolute Gasteiger partial charge is 0.402 e. The van der Waals surface area contributed by atoms with Gasteiger partial charge in [0, 0.05) is 19.1 Å². The molecule has 22 heavy (non-hydrogen) atoms. The monoisotopic (exact) mass is 317 g/mol. The minimum Gasteiger partial charge on any atom is -0.465 e. The first-order valence-electron chi connectivity index (χ1n) is 5.63. The molecule has 1 heterocycles. The lowest BCUT2D eigenvalue weighted by molar-refractivity contribution is -0.137. The third kappa shape index (κ3) is 16.8. The Bertz CT molecular complexity index is 428. The van der Waals surface area contributed by atoms with Crippen molar-refractivity contribution < 1.29 is 24.5 Å². The van der Waals surface area contributed by atoms with E-state index in [1.54, 1.807) is 0 Å². The van der Waals surface area contributed by atoms with Crippen molar-refractivity contribution in [2.24, 2.45) is 5.73 Å². The second kappa shape index (κ2) is 12.9. The van der Waals surface area contributed by atoms with Crippen molar-refractivity contribution in [3.8, 4) is 0 Å². The van der Waals surface area contributed by atoms with Gasteiger partial charge in [-0.3, -0.25) is 0 Å². The van der Waals surface area contributed by atoms with Crippen LogP contribution in [-0.2, 0) is 9.53 Å². The number of esters is 1. The quantitative estimate of drug-likeness (QED) is 0.209. The van der Waals surface area contributed by atoms with Gasteiger partial charge in [0.15, 0.2) is 0 Å². The Morgan fingerprint density at radius 3 is 1.77 bits per heavy atom. The van der Waals surface area contributed by atoms with Crippen LogP contribution in [0.3, 0.4) is 0 Å². The summed E-state index contributed by atoms with van der Waals surface area (Å²) in [7, 11) is 0. The number of carbonyl (C=O) groups excluding carboxylic acids is 1. The Labute approximate surface area is 125 Å². The van der Waals surface area contributed by atoms with Crippen LogP contribution < -0.4 is 22.9 Å². The molecule has 0 bridgehead atoms. The van der Waals surface area contributed by atoms with Crippen molar-refractivity contribution >= 4 is 29.9 Å². The minimum atomic E-state index is -1.33. The number of aliphatic hydroxyl groups excluding tert-OH is 1. The van der Waals surface area contributed by atoms with E-state index in [-0.39, 0.29) is 31.1 Å². The molecule has 12 heteroatoms. The number of nitrogen functional groups attached to an aromatic ring is 3. The molecule has 0 aliphatic rings. The summed E-state index contributed by atoms with van der Waals surface area (Å²) in [6.07, 6.45) is 0.247. The fourth-order valence-corrected chi connectivity index (χ4v) is 0.723. The van der Waals surface area contributed by atoms with Crippen LogP contribution in [0.5, 0.6) is 0 Å². The first kappa shape index (κ1) is 21.2. The topological polar surface area (TPSA) is 227 Å². The number of ether oxygens (including phenoxy) is 1. The van der Waals surface area contributed by atoms with Gasteiger partial charge in [-0.05, 0) is 0 Å². The molecule has 124 valence electrons. The maximum atomic E-state index is 10.3. The molecule has 0 saturated heterocycles. The zero-order valence-electron chi connectivity index (χ0n) is 11.7. The van der Waals surface area contributed by atoms with Crippen LogP contribution in [0.4, 0.5) is 22.6 Å². The molecule has 1 aromatic heterocycles. The van der Waals surface area contributed by atoms with Gasteiger partial charge in [0.1, 0.15) is 0 Å². The summed E-state index contributed by atoms with van der Waals surface area (Å²) in [5.74, 6) is -0.316. The lowest BCUT2D eigenvalue weighted by Gasteiger charge is -1.96. The van der Waals surface area contributed by atoms with Crippen molar-refractivity contribution in [2.75, 3.05) is 30.4 Å². The molecule has 0 unspecified atom stereocenters. The van der Waals surface area contributed by atoms with E-state index >= 15 is 0 Å². The van der Waals surface area contributed by atoms with E-state index in [1.165, 1.54) is 0 Å². The molecule has 0 aliphatic carbocycles. The number of rotatable bonds is 4. The lowest BCUT2D eigenvalue weighted by atomic mass is 10.5. The molecule has 0 atom stereocenters. The molecular weight excluding hydrogens is 298 g/mol. The van der Waals surface area contributed by atoms with Gasteiger partial charge in [-0.1, -0.05) is 6.58 Å². The number of hydrogen-bond donors (Lipinski definition) is 6. The van der Waals surface area contributed by atoms with E-state index in [4.69, 9.17) is 32.2 Å². The van der Waals surface area contributed by atoms with E-state index in [1.807, 2.05) is 0 Å². The van der Waals surface area contributed by atoms with Crippen LogP contribution in [0.25, 0.3) is 0 Å². The van der Waals surface area contributed by atoms with E-state index in [2.05, 4.69) is 32.0 Å². The van der Waals surface area contributed by atoms with E-state index in [9.17, 15) is 4.79 Å². The first-order chi connectivity index (χ1) is 10.2. The molecule has 12 nitrogen and oxygen atoms in total. The van der Waals surface area contributed by atoms with Crippen molar-refractivity contribution in [2.45, 2.75) is 6.42 Å². The van der Waals surface area contributed by atoms with Crippen molar-refractivity contribution in [3.63, 3.8) is 0 Å². The summed E-state index contributed by atoms with van der Waals surface area (Å²) in [5, 5.41) is 15.4. The predicted molar refractivity (Wildman–Crippen MR) is 78.1 cm³/mol. The van der Waals surface area contributed by atoms with Gasteiger partial charge in [0.05, 0.1) is 6.61 Å². The Morgan fingerprint density at radius 1 is 1.14 bits per heavy atom. The molecule has 0 spiro atoms. The number of aromatic nitrogens is 3. The number of nitrogens with zero attached hydrogens (tertiary/aromatic N) is 3. The Kier molecular flexibility index (Phi) is 12.4. The number of amides is 1. The summed E-state index contributed by atoms with van der Waals surface area (Å²) >= 11 is 0. The summed E-state index contributed by atoms with van der Waals surface area (Å²) in [6.45, 7) is 3.51. The number of hydrogen-bond acceptors (Lipinski definition) is 10. The lowest BCUT2D eigenvalue weighted by Crippen LogP contribution is -2.05. The minimum absolute atomic E-state index is 0.0417. The van der Waals surface area contributed by atoms with Crippen molar-refractivity contribution in [1.82, 2.24) is 15.0 Å². The zero-order valence-corrected chi connectivity index (χ0v) is 11.7. The van der Waals surface area contributed by atoms with Crippen LogP contribution in [0, 0.1) is 0 Å². The normalized spacial score (nSPS) is 8.41. The Balaban J connectivity index is 0. The molecular formula is C10H19N7O5. The third-order valence-corrected chi connectivity index (χ3v) is 1.40. The van der Waals surface area contributed by atoms with Gasteiger partial charge in [0.25, 0.3) is 0 Å². The number of nitrogens with two attached hydrogens (primary N) is 4. The highest BCUT2D eigenvalue weighted by atomic mass is 16.5. The molecule has 0 fully saturated rings. The van der Waals surface area contributed by atoms with Crippen LogP contribution in [0.1, 0.15) is 6.42 Å². The predicted octanol–water partition coefficient (Wildman–Crippen LogP) is -1.66. The van der Waals surface area contributed by atoms with Crippen molar-refractivity contribution in [3.05, 3.63) is 12.7 Å².